The van der Waals surface area contributed by atoms with Crippen molar-refractivity contribution in [1.29, 1.82) is 0 Å². The summed E-state index contributed by atoms with van der Waals surface area (Å²) in [4.78, 5) is 61.8. The molecule has 0 aliphatic heterocycles. The summed E-state index contributed by atoms with van der Waals surface area (Å²) >= 11 is 0. The van der Waals surface area contributed by atoms with E-state index in [-0.39, 0.29) is 44.2 Å². The zero-order valence-electron chi connectivity index (χ0n) is 27.6. The molecular weight excluding hydrogens is 656 g/mol. The van der Waals surface area contributed by atoms with E-state index in [4.69, 9.17) is 18.3 Å². The summed E-state index contributed by atoms with van der Waals surface area (Å²) in [6, 6.07) is 8.11. The summed E-state index contributed by atoms with van der Waals surface area (Å²) in [7, 11) is 0. The molecule has 0 unspecified atom stereocenters. The fraction of sp³-hybridized carbons (Fsp3) is 0.257. The Bertz CT molecular complexity index is 2690. The Hall–Kier alpha value is -6.12. The van der Waals surface area contributed by atoms with Gasteiger partial charge in [0.25, 0.3) is 5.56 Å². The Balaban J connectivity index is 1.46. The van der Waals surface area contributed by atoms with E-state index >= 15 is 8.78 Å². The van der Waals surface area contributed by atoms with Gasteiger partial charge in [-0.2, -0.15) is 4.57 Å². The van der Waals surface area contributed by atoms with Crippen LogP contribution >= 0.6 is 0 Å². The van der Waals surface area contributed by atoms with Gasteiger partial charge in [0, 0.05) is 28.6 Å². The lowest BCUT2D eigenvalue weighted by molar-refractivity contribution is 0.0533. The number of aromatic nitrogens is 4. The van der Waals surface area contributed by atoms with Gasteiger partial charge in [-0.3, -0.25) is 10.1 Å². The number of anilines is 1. The number of furan rings is 1. The molecule has 0 aliphatic rings. The van der Waals surface area contributed by atoms with E-state index in [0.29, 0.717) is 20.7 Å². The standard InChI is InChI=1S/C35H29F2N5O8/c1-34(2,3)49-32(45)40-31-39-22-13-20(36)16(12-19(22)29(43)42(31)33(46)50-35(4,5)6)15-41-23-14-21(37)17-9-11-47-27(17)25(23)24-18-8-7-10-38-28(18)48-30(44)26(24)41/h7-14H,15H2,1-6H3,(H,39,40,45). The van der Waals surface area contributed by atoms with E-state index in [1.807, 2.05) is 0 Å². The highest BCUT2D eigenvalue weighted by Crippen LogP contribution is 2.39. The van der Waals surface area contributed by atoms with Crippen molar-refractivity contribution in [3.63, 3.8) is 0 Å². The van der Waals surface area contributed by atoms with Crippen LogP contribution in [0.15, 0.2) is 67.3 Å². The molecule has 5 heterocycles. The van der Waals surface area contributed by atoms with Crippen molar-refractivity contribution < 1.29 is 36.7 Å². The topological polar surface area (TPSA) is 161 Å². The number of ether oxygens (including phenoxy) is 2. The summed E-state index contributed by atoms with van der Waals surface area (Å²) in [6.07, 6.45) is 0.589. The van der Waals surface area contributed by atoms with Gasteiger partial charge in [0.2, 0.25) is 11.7 Å². The van der Waals surface area contributed by atoms with E-state index in [2.05, 4.69) is 15.3 Å². The van der Waals surface area contributed by atoms with Crippen LogP contribution in [0.5, 0.6) is 0 Å². The molecule has 0 saturated heterocycles. The first-order chi connectivity index (χ1) is 23.5. The minimum atomic E-state index is -1.16. The predicted molar refractivity (Wildman–Crippen MR) is 180 cm³/mol. The third-order valence-electron chi connectivity index (χ3n) is 7.69. The lowest BCUT2D eigenvalue weighted by Gasteiger charge is -2.22. The molecule has 0 spiro atoms. The fourth-order valence-corrected chi connectivity index (χ4v) is 5.84. The van der Waals surface area contributed by atoms with Crippen LogP contribution in [-0.4, -0.2) is 42.5 Å². The molecule has 0 atom stereocenters. The number of fused-ring (bicyclic) bond motifs is 8. The van der Waals surface area contributed by atoms with Crippen LogP contribution in [0.3, 0.4) is 0 Å². The van der Waals surface area contributed by atoms with Crippen molar-refractivity contribution in [3.05, 3.63) is 86.8 Å². The lowest BCUT2D eigenvalue weighted by Crippen LogP contribution is -2.37. The van der Waals surface area contributed by atoms with Crippen LogP contribution in [0, 0.1) is 11.6 Å². The molecule has 0 bridgehead atoms. The molecule has 256 valence electrons. The number of nitrogens with zero attached hydrogens (tertiary/aromatic N) is 4. The number of carbonyl (C=O) groups excluding carboxylic acids is 2. The number of hydrogen-bond acceptors (Lipinski definition) is 10. The van der Waals surface area contributed by atoms with Crippen molar-refractivity contribution in [1.82, 2.24) is 19.1 Å². The van der Waals surface area contributed by atoms with Crippen LogP contribution in [0.4, 0.5) is 24.3 Å². The molecule has 1 amide bonds. The second kappa shape index (κ2) is 11.2. The average Bonchev–Trinajstić information content (AvgIpc) is 3.60. The molecule has 7 aromatic rings. The largest absolute Gasteiger partial charge is 0.463 e. The van der Waals surface area contributed by atoms with Gasteiger partial charge in [0.05, 0.1) is 40.0 Å². The third kappa shape index (κ3) is 5.49. The van der Waals surface area contributed by atoms with Crippen molar-refractivity contribution in [2.45, 2.75) is 59.3 Å². The quantitative estimate of drug-likeness (QED) is 0.201. The number of carbonyl (C=O) groups is 2. The minimum Gasteiger partial charge on any atom is -0.463 e. The molecule has 0 fully saturated rings. The van der Waals surface area contributed by atoms with E-state index in [1.165, 1.54) is 35.2 Å². The zero-order valence-corrected chi connectivity index (χ0v) is 27.6. The van der Waals surface area contributed by atoms with Gasteiger partial charge in [0.15, 0.2) is 0 Å². The van der Waals surface area contributed by atoms with Gasteiger partial charge in [0.1, 0.15) is 33.9 Å². The smallest absolute Gasteiger partial charge is 0.424 e. The van der Waals surface area contributed by atoms with Gasteiger partial charge in [-0.1, -0.05) is 0 Å². The molecule has 15 heteroatoms. The number of halogens is 2. The summed E-state index contributed by atoms with van der Waals surface area (Å²) in [5.74, 6) is -2.06. The maximum absolute atomic E-state index is 16.0. The highest BCUT2D eigenvalue weighted by Gasteiger charge is 2.28. The van der Waals surface area contributed by atoms with Gasteiger partial charge >= 0.3 is 17.8 Å². The minimum absolute atomic E-state index is 0.0236. The van der Waals surface area contributed by atoms with Crippen molar-refractivity contribution in [2.24, 2.45) is 0 Å². The first kappa shape index (κ1) is 32.4. The normalized spacial score (nSPS) is 12.4. The highest BCUT2D eigenvalue weighted by molar-refractivity contribution is 6.25. The highest BCUT2D eigenvalue weighted by atomic mass is 19.1. The summed E-state index contributed by atoms with van der Waals surface area (Å²) in [5.41, 5.74) is -3.76. The molecule has 13 nitrogen and oxygen atoms in total. The van der Waals surface area contributed by atoms with Crippen LogP contribution in [0.2, 0.25) is 0 Å². The summed E-state index contributed by atoms with van der Waals surface area (Å²) < 4.78 is 55.2. The second-order valence-electron chi connectivity index (χ2n) is 13.6. The number of amides is 1. The summed E-state index contributed by atoms with van der Waals surface area (Å²) in [6.45, 7) is 9.20. The van der Waals surface area contributed by atoms with Gasteiger partial charge < -0.3 is 22.9 Å². The van der Waals surface area contributed by atoms with E-state index in [0.717, 1.165) is 6.07 Å². The Morgan fingerprint density at radius 2 is 1.66 bits per heavy atom. The maximum atomic E-state index is 16.0. The molecular formula is C35H29F2N5O8. The number of benzene rings is 2. The van der Waals surface area contributed by atoms with E-state index < -0.39 is 58.7 Å². The Morgan fingerprint density at radius 1 is 0.920 bits per heavy atom. The number of hydrogen-bond donors (Lipinski definition) is 1. The molecule has 50 heavy (non-hydrogen) atoms. The molecule has 7 rings (SSSR count). The molecule has 0 saturated carbocycles. The lowest BCUT2D eigenvalue weighted by atomic mass is 10.1. The van der Waals surface area contributed by atoms with Crippen molar-refractivity contribution >= 4 is 72.9 Å². The van der Waals surface area contributed by atoms with Crippen LogP contribution < -0.4 is 16.5 Å². The third-order valence-corrected chi connectivity index (χ3v) is 7.69. The van der Waals surface area contributed by atoms with Crippen molar-refractivity contribution in [2.75, 3.05) is 5.32 Å². The van der Waals surface area contributed by atoms with Crippen molar-refractivity contribution in [3.8, 4) is 0 Å². The number of pyridine rings is 1. The van der Waals surface area contributed by atoms with Gasteiger partial charge in [-0.15, -0.1) is 0 Å². The van der Waals surface area contributed by atoms with E-state index in [1.54, 1.807) is 53.7 Å². The number of nitrogens with one attached hydrogen (secondary N) is 1. The zero-order chi connectivity index (χ0) is 35.9. The van der Waals surface area contributed by atoms with Gasteiger partial charge in [-0.25, -0.2) is 33.1 Å². The van der Waals surface area contributed by atoms with Crippen LogP contribution in [0.25, 0.3) is 54.8 Å². The first-order valence-electron chi connectivity index (χ1n) is 15.4. The second-order valence-corrected chi connectivity index (χ2v) is 13.6. The Kier molecular flexibility index (Phi) is 7.28. The molecule has 1 N–H and O–H groups in total. The number of rotatable bonds is 3. The first-order valence-corrected chi connectivity index (χ1v) is 15.4. The molecule has 5 aromatic heterocycles. The van der Waals surface area contributed by atoms with E-state index in [9.17, 15) is 19.2 Å². The Labute approximate surface area is 280 Å². The summed E-state index contributed by atoms with van der Waals surface area (Å²) in [5, 5.41) is 3.40. The van der Waals surface area contributed by atoms with Crippen LogP contribution in [-0.2, 0) is 16.0 Å². The average molecular weight is 686 g/mol. The molecule has 0 aliphatic carbocycles. The Morgan fingerprint density at radius 3 is 2.38 bits per heavy atom. The molecule has 0 radical (unpaired) electrons. The van der Waals surface area contributed by atoms with Gasteiger partial charge in [-0.05, 0) is 71.9 Å². The maximum Gasteiger partial charge on any atom is 0.424 e. The molecule has 2 aromatic carbocycles. The predicted octanol–water partition coefficient (Wildman–Crippen LogP) is 7.21. The monoisotopic (exact) mass is 685 g/mol. The van der Waals surface area contributed by atoms with Crippen LogP contribution in [0.1, 0.15) is 47.1 Å². The SMILES string of the molecule is CC(C)(C)OC(=O)Nc1nc2cc(F)c(Cn3c4cc(F)c5ccoc5c4c4c5cccnc5oc(=O)c43)cc2c(=O)n1C(=O)OC(C)(C)C. The fourth-order valence-electron chi connectivity index (χ4n) is 5.84.